The highest BCUT2D eigenvalue weighted by Crippen LogP contribution is 2.22. The third-order valence-electron chi connectivity index (χ3n) is 3.67. The molecule has 0 aromatic carbocycles. The van der Waals surface area contributed by atoms with Crippen molar-refractivity contribution in [2.75, 3.05) is 19.7 Å². The second kappa shape index (κ2) is 7.10. The zero-order chi connectivity index (χ0) is 13.6. The molecule has 1 heterocycles. The second-order valence-electron chi connectivity index (χ2n) is 6.41. The van der Waals surface area contributed by atoms with Crippen LogP contribution in [-0.2, 0) is 4.79 Å². The Morgan fingerprint density at radius 3 is 2.72 bits per heavy atom. The molecular weight excluding hydrogens is 228 g/mol. The van der Waals surface area contributed by atoms with Gasteiger partial charge >= 0.3 is 0 Å². The van der Waals surface area contributed by atoms with Gasteiger partial charge in [0.15, 0.2) is 0 Å². The van der Waals surface area contributed by atoms with E-state index in [4.69, 9.17) is 5.11 Å². The topological polar surface area (TPSA) is 61.4 Å². The summed E-state index contributed by atoms with van der Waals surface area (Å²) in [5.41, 5.74) is -0.0107. The Labute approximate surface area is 111 Å². The maximum absolute atomic E-state index is 12.0. The van der Waals surface area contributed by atoms with Crippen molar-refractivity contribution >= 4 is 5.91 Å². The lowest BCUT2D eigenvalue weighted by Gasteiger charge is -2.32. The number of nitrogens with one attached hydrogen (secondary N) is 2. The number of hydrogen-bond donors (Lipinski definition) is 3. The molecule has 2 unspecified atom stereocenters. The van der Waals surface area contributed by atoms with Crippen LogP contribution in [0.3, 0.4) is 0 Å². The Kier molecular flexibility index (Phi) is 6.09. The smallest absolute Gasteiger partial charge is 0.220 e. The first-order valence-corrected chi connectivity index (χ1v) is 7.04. The van der Waals surface area contributed by atoms with Crippen LogP contribution >= 0.6 is 0 Å². The van der Waals surface area contributed by atoms with Gasteiger partial charge in [0.1, 0.15) is 0 Å². The molecule has 0 radical (unpaired) electrons. The molecule has 0 spiro atoms. The molecule has 1 amide bonds. The number of aliphatic hydroxyl groups excluding tert-OH is 1. The molecule has 3 N–H and O–H groups in total. The van der Waals surface area contributed by atoms with Gasteiger partial charge < -0.3 is 15.7 Å². The van der Waals surface area contributed by atoms with Gasteiger partial charge in [0, 0.05) is 19.1 Å². The number of carbonyl (C=O) groups excluding carboxylic acids is 1. The van der Waals surface area contributed by atoms with E-state index in [1.807, 2.05) is 0 Å². The van der Waals surface area contributed by atoms with Gasteiger partial charge in [0.2, 0.25) is 5.91 Å². The quantitative estimate of drug-likeness (QED) is 0.694. The van der Waals surface area contributed by atoms with E-state index in [0.29, 0.717) is 18.8 Å². The summed E-state index contributed by atoms with van der Waals surface area (Å²) in [7, 11) is 0. The summed E-state index contributed by atoms with van der Waals surface area (Å²) in [5.74, 6) is 0.588. The van der Waals surface area contributed by atoms with Crippen LogP contribution in [0.15, 0.2) is 0 Å². The van der Waals surface area contributed by atoms with Gasteiger partial charge in [-0.1, -0.05) is 20.8 Å². The van der Waals surface area contributed by atoms with E-state index in [2.05, 4.69) is 31.4 Å². The number of piperidine rings is 1. The first kappa shape index (κ1) is 15.4. The van der Waals surface area contributed by atoms with Gasteiger partial charge in [0.25, 0.3) is 0 Å². The van der Waals surface area contributed by atoms with Crippen LogP contribution < -0.4 is 10.6 Å². The molecular formula is C14H28N2O2. The molecule has 4 heteroatoms. The van der Waals surface area contributed by atoms with E-state index in [1.54, 1.807) is 0 Å². The molecule has 1 aliphatic heterocycles. The lowest BCUT2D eigenvalue weighted by atomic mass is 9.84. The Hall–Kier alpha value is -0.610. The SMILES string of the molecule is CC(C)(C)C(CCO)NC(=O)CC1CCCNC1. The summed E-state index contributed by atoms with van der Waals surface area (Å²) >= 11 is 0. The van der Waals surface area contributed by atoms with E-state index < -0.39 is 0 Å². The lowest BCUT2D eigenvalue weighted by molar-refractivity contribution is -0.123. The zero-order valence-electron chi connectivity index (χ0n) is 12.0. The zero-order valence-corrected chi connectivity index (χ0v) is 12.0. The van der Waals surface area contributed by atoms with Crippen LogP contribution in [0.25, 0.3) is 0 Å². The Bertz CT molecular complexity index is 255. The molecule has 4 nitrogen and oxygen atoms in total. The van der Waals surface area contributed by atoms with Gasteiger partial charge in [-0.25, -0.2) is 0 Å². The maximum Gasteiger partial charge on any atom is 0.220 e. The largest absolute Gasteiger partial charge is 0.396 e. The molecule has 0 aromatic rings. The second-order valence-corrected chi connectivity index (χ2v) is 6.41. The fourth-order valence-electron chi connectivity index (χ4n) is 2.46. The van der Waals surface area contributed by atoms with Crippen LogP contribution in [0.2, 0.25) is 0 Å². The molecule has 0 aromatic heterocycles. The summed E-state index contributed by atoms with van der Waals surface area (Å²) < 4.78 is 0. The minimum Gasteiger partial charge on any atom is -0.396 e. The average molecular weight is 256 g/mol. The highest BCUT2D eigenvalue weighted by molar-refractivity contribution is 5.76. The Morgan fingerprint density at radius 2 is 2.22 bits per heavy atom. The van der Waals surface area contributed by atoms with E-state index in [-0.39, 0.29) is 24.0 Å². The summed E-state index contributed by atoms with van der Waals surface area (Å²) in [6.45, 7) is 8.43. The van der Waals surface area contributed by atoms with Gasteiger partial charge in [-0.2, -0.15) is 0 Å². The number of aliphatic hydroxyl groups is 1. The molecule has 1 aliphatic rings. The molecule has 106 valence electrons. The predicted octanol–water partition coefficient (Wildman–Crippen LogP) is 1.29. The first-order valence-electron chi connectivity index (χ1n) is 7.04. The fraction of sp³-hybridized carbons (Fsp3) is 0.929. The molecule has 2 atom stereocenters. The van der Waals surface area contributed by atoms with Crippen molar-refractivity contribution in [3.05, 3.63) is 0 Å². The number of rotatable bonds is 5. The van der Waals surface area contributed by atoms with Gasteiger partial charge in [-0.05, 0) is 43.7 Å². The summed E-state index contributed by atoms with van der Waals surface area (Å²) in [6.07, 6.45) is 3.53. The molecule has 1 saturated heterocycles. The highest BCUT2D eigenvalue weighted by Gasteiger charge is 2.26. The number of hydrogen-bond acceptors (Lipinski definition) is 3. The lowest BCUT2D eigenvalue weighted by Crippen LogP contribution is -2.45. The first-order chi connectivity index (χ1) is 8.43. The number of amides is 1. The predicted molar refractivity (Wildman–Crippen MR) is 73.3 cm³/mol. The van der Waals surface area contributed by atoms with Crippen molar-refractivity contribution in [2.45, 2.75) is 52.5 Å². The van der Waals surface area contributed by atoms with Crippen LogP contribution in [-0.4, -0.2) is 36.8 Å². The monoisotopic (exact) mass is 256 g/mol. The third-order valence-corrected chi connectivity index (χ3v) is 3.67. The van der Waals surface area contributed by atoms with Crippen LogP contribution in [0, 0.1) is 11.3 Å². The van der Waals surface area contributed by atoms with E-state index in [9.17, 15) is 4.79 Å². The third kappa shape index (κ3) is 5.36. The maximum atomic E-state index is 12.0. The minimum absolute atomic E-state index is 0.0107. The molecule has 1 rings (SSSR count). The van der Waals surface area contributed by atoms with Crippen molar-refractivity contribution in [1.82, 2.24) is 10.6 Å². The molecule has 18 heavy (non-hydrogen) atoms. The van der Waals surface area contributed by atoms with Crippen molar-refractivity contribution in [1.29, 1.82) is 0 Å². The summed E-state index contributed by atoms with van der Waals surface area (Å²) in [6, 6.07) is 0.0477. The van der Waals surface area contributed by atoms with Crippen LogP contribution in [0.1, 0.15) is 46.5 Å². The fourth-order valence-corrected chi connectivity index (χ4v) is 2.46. The number of carbonyl (C=O) groups is 1. The van der Waals surface area contributed by atoms with Crippen LogP contribution in [0.5, 0.6) is 0 Å². The average Bonchev–Trinajstić information content (AvgIpc) is 2.28. The van der Waals surface area contributed by atoms with Gasteiger partial charge in [-0.3, -0.25) is 4.79 Å². The molecule has 1 fully saturated rings. The Morgan fingerprint density at radius 1 is 1.50 bits per heavy atom. The van der Waals surface area contributed by atoms with Gasteiger partial charge in [-0.15, -0.1) is 0 Å². The van der Waals surface area contributed by atoms with Crippen molar-refractivity contribution < 1.29 is 9.90 Å². The molecule has 0 aliphatic carbocycles. The summed E-state index contributed by atoms with van der Waals surface area (Å²) in [4.78, 5) is 12.0. The van der Waals surface area contributed by atoms with E-state index in [1.165, 1.54) is 0 Å². The van der Waals surface area contributed by atoms with Crippen molar-refractivity contribution in [3.8, 4) is 0 Å². The van der Waals surface area contributed by atoms with E-state index in [0.717, 1.165) is 25.9 Å². The Balaban J connectivity index is 2.40. The van der Waals surface area contributed by atoms with Crippen molar-refractivity contribution in [2.24, 2.45) is 11.3 Å². The highest BCUT2D eigenvalue weighted by atomic mass is 16.3. The molecule has 0 saturated carbocycles. The molecule has 0 bridgehead atoms. The van der Waals surface area contributed by atoms with E-state index >= 15 is 0 Å². The normalized spacial score (nSPS) is 22.6. The summed E-state index contributed by atoms with van der Waals surface area (Å²) in [5, 5.41) is 15.5. The van der Waals surface area contributed by atoms with Gasteiger partial charge in [0.05, 0.1) is 0 Å². The standard InChI is InChI=1S/C14H28N2O2/c1-14(2,3)12(6-8-17)16-13(18)9-11-5-4-7-15-10-11/h11-12,15,17H,4-10H2,1-3H3,(H,16,18). The van der Waals surface area contributed by atoms with Crippen LogP contribution in [0.4, 0.5) is 0 Å². The minimum atomic E-state index is -0.0107. The van der Waals surface area contributed by atoms with Crippen molar-refractivity contribution in [3.63, 3.8) is 0 Å².